The fourth-order valence-electron chi connectivity index (χ4n) is 4.00. The van der Waals surface area contributed by atoms with Crippen molar-refractivity contribution in [3.63, 3.8) is 0 Å². The molecule has 1 aromatic carbocycles. The number of nitrogens with one attached hydrogen (secondary N) is 1. The van der Waals surface area contributed by atoms with E-state index in [1.807, 2.05) is 18.2 Å². The van der Waals surface area contributed by atoms with Crippen molar-refractivity contribution < 1.29 is 23.8 Å². The van der Waals surface area contributed by atoms with E-state index in [-0.39, 0.29) is 55.7 Å². The van der Waals surface area contributed by atoms with Gasteiger partial charge in [-0.2, -0.15) is 13.5 Å². The Labute approximate surface area is 214 Å². The molecule has 0 bridgehead atoms. The maximum absolute atomic E-state index is 15.2. The van der Waals surface area contributed by atoms with E-state index in [2.05, 4.69) is 15.3 Å². The number of benzene rings is 1. The number of ether oxygens (including phenoxy) is 2. The van der Waals surface area contributed by atoms with E-state index in [0.29, 0.717) is 28.4 Å². The first-order chi connectivity index (χ1) is 16.0. The molecule has 0 unspecified atom stereocenters. The summed E-state index contributed by atoms with van der Waals surface area (Å²) in [5.41, 5.74) is 6.37. The topological polar surface area (TPSA) is 124 Å². The van der Waals surface area contributed by atoms with E-state index >= 15 is 4.39 Å². The number of imidazole rings is 1. The van der Waals surface area contributed by atoms with E-state index < -0.39 is 23.2 Å². The van der Waals surface area contributed by atoms with Gasteiger partial charge < -0.3 is 25.6 Å². The van der Waals surface area contributed by atoms with Crippen LogP contribution in [0.4, 0.5) is 10.2 Å². The predicted molar refractivity (Wildman–Crippen MR) is 135 cm³/mol. The Morgan fingerprint density at radius 2 is 2.11 bits per heavy atom. The Morgan fingerprint density at radius 1 is 1.43 bits per heavy atom. The summed E-state index contributed by atoms with van der Waals surface area (Å²) in [6.45, 7) is 7.32. The molecule has 9 nitrogen and oxygen atoms in total. The highest BCUT2D eigenvalue weighted by Crippen LogP contribution is 2.40. The van der Waals surface area contributed by atoms with Crippen molar-refractivity contribution in [3.8, 4) is 5.75 Å². The molecule has 35 heavy (non-hydrogen) atoms. The number of hydrogen-bond donors (Lipinski definition) is 3. The summed E-state index contributed by atoms with van der Waals surface area (Å²) in [5, 5.41) is 12.6. The lowest BCUT2D eigenvalue weighted by Crippen LogP contribution is -2.57. The van der Waals surface area contributed by atoms with Crippen LogP contribution in [0.2, 0.25) is 5.02 Å². The third-order valence-electron chi connectivity index (χ3n) is 5.74. The monoisotopic (exact) mass is 525 g/mol. The van der Waals surface area contributed by atoms with Crippen molar-refractivity contribution in [1.29, 1.82) is 0 Å². The molecule has 12 heteroatoms. The summed E-state index contributed by atoms with van der Waals surface area (Å²) in [7, 11) is 0. The lowest BCUT2D eigenvalue weighted by Gasteiger charge is -2.36. The molecule has 1 aliphatic heterocycles. The van der Waals surface area contributed by atoms with Crippen molar-refractivity contribution in [1.82, 2.24) is 19.7 Å². The van der Waals surface area contributed by atoms with Crippen LogP contribution in [-0.2, 0) is 4.74 Å². The molecule has 2 aromatic heterocycles. The predicted octanol–water partition coefficient (Wildman–Crippen LogP) is 2.96. The Morgan fingerprint density at radius 3 is 2.71 bits per heavy atom. The van der Waals surface area contributed by atoms with Crippen molar-refractivity contribution >= 4 is 42.3 Å². The first-order valence-corrected chi connectivity index (χ1v) is 11.3. The number of aliphatic hydroxyl groups is 1. The lowest BCUT2D eigenvalue weighted by atomic mass is 9.95. The van der Waals surface area contributed by atoms with Gasteiger partial charge in [0.15, 0.2) is 5.82 Å². The Hall–Kier alpha value is -2.60. The normalized spacial score (nSPS) is 15.4. The number of anilines is 1. The highest BCUT2D eigenvalue weighted by atomic mass is 35.5. The van der Waals surface area contributed by atoms with E-state index in [0.717, 1.165) is 0 Å². The number of nitrogens with two attached hydrogens (primary N) is 1. The third kappa shape index (κ3) is 5.04. The molecule has 0 spiro atoms. The number of fused-ring (bicyclic) bond motifs is 1. The van der Waals surface area contributed by atoms with Crippen LogP contribution in [-0.4, -0.2) is 56.8 Å². The highest BCUT2D eigenvalue weighted by molar-refractivity contribution is 7.59. The molecule has 3 aromatic rings. The number of nitrogen functional groups attached to an aromatic ring is 1. The molecule has 0 radical (unpaired) electrons. The van der Waals surface area contributed by atoms with Crippen LogP contribution in [0.3, 0.4) is 0 Å². The van der Waals surface area contributed by atoms with Crippen molar-refractivity contribution in [2.45, 2.75) is 45.3 Å². The SMILES string of the molecule is Cc1nc([C@@H](C)c2cc(Cl)c(F)c(C(=O)NCC3(O)COC3)c2OC(C)C)n2ccnc(N)c12.S. The molecule has 0 aliphatic carbocycles. The van der Waals surface area contributed by atoms with E-state index in [1.54, 1.807) is 26.2 Å². The van der Waals surface area contributed by atoms with Crippen LogP contribution in [0, 0.1) is 12.7 Å². The van der Waals surface area contributed by atoms with Gasteiger partial charge in [-0.1, -0.05) is 18.5 Å². The summed E-state index contributed by atoms with van der Waals surface area (Å²) < 4.78 is 28.0. The van der Waals surface area contributed by atoms with Crippen LogP contribution < -0.4 is 15.8 Å². The van der Waals surface area contributed by atoms with Crippen molar-refractivity contribution in [2.75, 3.05) is 25.5 Å². The smallest absolute Gasteiger partial charge is 0.258 e. The molecule has 4 rings (SSSR count). The average molecular weight is 526 g/mol. The van der Waals surface area contributed by atoms with E-state index in [4.69, 9.17) is 26.8 Å². The quantitative estimate of drug-likeness (QED) is 0.433. The number of aryl methyl sites for hydroxylation is 1. The summed E-state index contributed by atoms with van der Waals surface area (Å²) >= 11 is 6.24. The van der Waals surface area contributed by atoms with Crippen LogP contribution in [0.25, 0.3) is 5.52 Å². The van der Waals surface area contributed by atoms with Crippen LogP contribution in [0.1, 0.15) is 54.1 Å². The molecule has 1 fully saturated rings. The molecule has 1 saturated heterocycles. The zero-order valence-electron chi connectivity index (χ0n) is 19.9. The summed E-state index contributed by atoms with van der Waals surface area (Å²) in [6, 6.07) is 1.45. The van der Waals surface area contributed by atoms with Crippen molar-refractivity contribution in [3.05, 3.63) is 51.9 Å². The number of halogens is 2. The van der Waals surface area contributed by atoms with E-state index in [1.165, 1.54) is 6.07 Å². The maximum atomic E-state index is 15.2. The van der Waals surface area contributed by atoms with Gasteiger partial charge in [0.25, 0.3) is 5.91 Å². The second-order valence-corrected chi connectivity index (χ2v) is 9.25. The molecule has 1 aliphatic rings. The second-order valence-electron chi connectivity index (χ2n) is 8.84. The number of amides is 1. The number of carbonyl (C=O) groups is 1. The number of carbonyl (C=O) groups excluding carboxylic acids is 1. The minimum Gasteiger partial charge on any atom is -0.490 e. The van der Waals surface area contributed by atoms with Crippen LogP contribution in [0.5, 0.6) is 5.75 Å². The van der Waals surface area contributed by atoms with Gasteiger partial charge in [-0.3, -0.25) is 9.20 Å². The minimum atomic E-state index is -1.18. The summed E-state index contributed by atoms with van der Waals surface area (Å²) in [4.78, 5) is 21.9. The van der Waals surface area contributed by atoms with Crippen LogP contribution >= 0.6 is 25.1 Å². The molecule has 3 heterocycles. The fourth-order valence-corrected chi connectivity index (χ4v) is 4.21. The Kier molecular flexibility index (Phi) is 7.85. The summed E-state index contributed by atoms with van der Waals surface area (Å²) in [6.07, 6.45) is 2.94. The van der Waals surface area contributed by atoms with Gasteiger partial charge in [0, 0.05) is 23.9 Å². The van der Waals surface area contributed by atoms with Crippen molar-refractivity contribution in [2.24, 2.45) is 0 Å². The van der Waals surface area contributed by atoms with E-state index in [9.17, 15) is 9.90 Å². The highest BCUT2D eigenvalue weighted by Gasteiger charge is 2.37. The third-order valence-corrected chi connectivity index (χ3v) is 6.01. The first kappa shape index (κ1) is 27.0. The van der Waals surface area contributed by atoms with Crippen LogP contribution in [0.15, 0.2) is 18.5 Å². The second kappa shape index (κ2) is 10.2. The molecule has 0 saturated carbocycles. The Bertz CT molecular complexity index is 1260. The zero-order valence-corrected chi connectivity index (χ0v) is 21.6. The van der Waals surface area contributed by atoms with Gasteiger partial charge in [-0.05, 0) is 26.8 Å². The number of rotatable bonds is 7. The molecular formula is C23H29ClFN5O4S. The molecule has 190 valence electrons. The largest absolute Gasteiger partial charge is 0.490 e. The standard InChI is InChI=1S/C23H27ClFN5O4.H2S/c1-11(2)34-19-14(12(3)21-29-13(4)18-20(26)27-5-6-30(18)21)7-15(24)17(25)16(19)22(31)28-8-23(32)9-33-10-23;/h5-7,11-12,32H,8-10H2,1-4H3,(H2,26,27)(H,28,31);1H2/t12-;/m0./s1. The van der Waals surface area contributed by atoms with Gasteiger partial charge >= 0.3 is 0 Å². The van der Waals surface area contributed by atoms with Gasteiger partial charge in [-0.15, -0.1) is 0 Å². The minimum absolute atomic E-state index is 0. The first-order valence-electron chi connectivity index (χ1n) is 10.9. The maximum Gasteiger partial charge on any atom is 0.258 e. The molecule has 1 atom stereocenters. The average Bonchev–Trinajstić information content (AvgIpc) is 3.10. The van der Waals surface area contributed by atoms with Gasteiger partial charge in [0.2, 0.25) is 0 Å². The Balaban J connectivity index is 0.00000342. The summed E-state index contributed by atoms with van der Waals surface area (Å²) in [5.74, 6) is -1.10. The number of aromatic nitrogens is 3. The fraction of sp³-hybridized carbons (Fsp3) is 0.435. The van der Waals surface area contributed by atoms with Gasteiger partial charge in [0.1, 0.15) is 34.1 Å². The molecule has 4 N–H and O–H groups in total. The zero-order chi connectivity index (χ0) is 24.8. The number of hydrogen-bond acceptors (Lipinski definition) is 7. The number of nitrogens with zero attached hydrogens (tertiary/aromatic N) is 3. The van der Waals surface area contributed by atoms with Gasteiger partial charge in [-0.25, -0.2) is 14.4 Å². The molecule has 1 amide bonds. The lowest BCUT2D eigenvalue weighted by molar-refractivity contribution is -0.173. The molecular weight excluding hydrogens is 497 g/mol. The van der Waals surface area contributed by atoms with Gasteiger partial charge in [0.05, 0.1) is 36.6 Å².